The van der Waals surface area contributed by atoms with Gasteiger partial charge in [-0.2, -0.15) is 0 Å². The molecular formula is C50H30N6. The maximum atomic E-state index is 5.01. The number of pyridine rings is 1. The molecule has 0 fully saturated rings. The van der Waals surface area contributed by atoms with E-state index in [1.165, 1.54) is 49.0 Å². The molecule has 0 aliphatic heterocycles. The van der Waals surface area contributed by atoms with Crippen LogP contribution in [0.4, 0.5) is 0 Å². The summed E-state index contributed by atoms with van der Waals surface area (Å²) in [4.78, 5) is 19.4. The molecule has 0 N–H and O–H groups in total. The molecule has 7 aromatic carbocycles. The third kappa shape index (κ3) is 4.56. The third-order valence-corrected chi connectivity index (χ3v) is 11.2. The molecule has 5 heterocycles. The Hall–Kier alpha value is -7.70. The molecule has 0 aliphatic rings. The van der Waals surface area contributed by atoms with Crippen molar-refractivity contribution in [2.75, 3.05) is 0 Å². The molecule has 0 radical (unpaired) electrons. The summed E-state index contributed by atoms with van der Waals surface area (Å²) < 4.78 is 4.83. The smallest absolute Gasteiger partial charge is 0.164 e. The highest BCUT2D eigenvalue weighted by atomic mass is 15.0. The van der Waals surface area contributed by atoms with Gasteiger partial charge in [-0.1, -0.05) is 121 Å². The average molecular weight is 715 g/mol. The topological polar surface area (TPSA) is 60.9 Å². The number of hydrogen-bond donors (Lipinski definition) is 0. The summed E-state index contributed by atoms with van der Waals surface area (Å²) in [5.74, 6) is 1.93. The van der Waals surface area contributed by atoms with Crippen molar-refractivity contribution in [1.82, 2.24) is 28.9 Å². The Labute approximate surface area is 321 Å². The monoisotopic (exact) mass is 714 g/mol. The molecule has 6 nitrogen and oxygen atoms in total. The van der Waals surface area contributed by atoms with Gasteiger partial charge in [0.05, 0.1) is 27.6 Å². The highest BCUT2D eigenvalue weighted by molar-refractivity contribution is 6.24. The molecule has 12 aromatic rings. The van der Waals surface area contributed by atoms with Crippen LogP contribution in [0.3, 0.4) is 0 Å². The maximum Gasteiger partial charge on any atom is 0.164 e. The van der Waals surface area contributed by atoms with Gasteiger partial charge in [-0.15, -0.1) is 0 Å². The fourth-order valence-electron chi connectivity index (χ4n) is 8.66. The molecule has 0 amide bonds. The summed E-state index contributed by atoms with van der Waals surface area (Å²) >= 11 is 0. The second kappa shape index (κ2) is 11.9. The van der Waals surface area contributed by atoms with Crippen LogP contribution in [-0.2, 0) is 0 Å². The Morgan fingerprint density at radius 2 is 0.875 bits per heavy atom. The fourth-order valence-corrected chi connectivity index (χ4v) is 8.66. The number of rotatable bonds is 5. The summed E-state index contributed by atoms with van der Waals surface area (Å²) in [6.45, 7) is 0. The van der Waals surface area contributed by atoms with E-state index in [4.69, 9.17) is 15.0 Å². The molecule has 0 saturated carbocycles. The Kier molecular flexibility index (Phi) is 6.53. The summed E-state index contributed by atoms with van der Waals surface area (Å²) in [5, 5.41) is 7.26. The van der Waals surface area contributed by atoms with Gasteiger partial charge in [-0.3, -0.25) is 4.98 Å². The van der Waals surface area contributed by atoms with Gasteiger partial charge in [0.1, 0.15) is 0 Å². The third-order valence-electron chi connectivity index (χ3n) is 11.2. The van der Waals surface area contributed by atoms with E-state index in [0.717, 1.165) is 44.4 Å². The minimum atomic E-state index is 0.638. The predicted octanol–water partition coefficient (Wildman–Crippen LogP) is 12.2. The zero-order valence-corrected chi connectivity index (χ0v) is 30.0. The summed E-state index contributed by atoms with van der Waals surface area (Å²) in [6, 6.07) is 59.9. The molecule has 56 heavy (non-hydrogen) atoms. The van der Waals surface area contributed by atoms with E-state index < -0.39 is 0 Å². The lowest BCUT2D eigenvalue weighted by Crippen LogP contribution is -2.00. The van der Waals surface area contributed by atoms with Gasteiger partial charge in [0.2, 0.25) is 0 Å². The first-order valence-corrected chi connectivity index (χ1v) is 18.8. The quantitative estimate of drug-likeness (QED) is 0.178. The molecule has 6 heteroatoms. The van der Waals surface area contributed by atoms with Crippen LogP contribution < -0.4 is 0 Å². The van der Waals surface area contributed by atoms with E-state index in [-0.39, 0.29) is 0 Å². The van der Waals surface area contributed by atoms with Crippen LogP contribution in [0.2, 0.25) is 0 Å². The zero-order valence-electron chi connectivity index (χ0n) is 30.0. The zero-order chi connectivity index (χ0) is 36.7. The van der Waals surface area contributed by atoms with Crippen LogP contribution >= 0.6 is 0 Å². The predicted molar refractivity (Wildman–Crippen MR) is 228 cm³/mol. The molecule has 0 unspecified atom stereocenters. The van der Waals surface area contributed by atoms with Gasteiger partial charge < -0.3 is 8.97 Å². The van der Waals surface area contributed by atoms with Gasteiger partial charge in [0, 0.05) is 67.1 Å². The lowest BCUT2D eigenvalue weighted by Gasteiger charge is -2.10. The second-order valence-corrected chi connectivity index (χ2v) is 14.3. The Bertz CT molecular complexity index is 3360. The van der Waals surface area contributed by atoms with Gasteiger partial charge in [0.25, 0.3) is 0 Å². The molecule has 5 aromatic heterocycles. The van der Waals surface area contributed by atoms with Crippen LogP contribution in [0.25, 0.3) is 111 Å². The van der Waals surface area contributed by atoms with Crippen LogP contribution in [0.15, 0.2) is 182 Å². The highest BCUT2D eigenvalue weighted by Gasteiger charge is 2.21. The van der Waals surface area contributed by atoms with Gasteiger partial charge >= 0.3 is 0 Å². The van der Waals surface area contributed by atoms with Gasteiger partial charge in [-0.05, 0) is 59.7 Å². The fraction of sp³-hybridized carbons (Fsp3) is 0. The molecule has 0 spiro atoms. The molecule has 0 bridgehead atoms. The maximum absolute atomic E-state index is 5.01. The number of aromatic nitrogens is 6. The number of benzene rings is 7. The van der Waals surface area contributed by atoms with Crippen LogP contribution in [-0.4, -0.2) is 28.9 Å². The second-order valence-electron chi connectivity index (χ2n) is 14.3. The van der Waals surface area contributed by atoms with E-state index >= 15 is 0 Å². The number of nitrogens with zero attached hydrogens (tertiary/aromatic N) is 6. The normalized spacial score (nSPS) is 11.9. The van der Waals surface area contributed by atoms with Crippen molar-refractivity contribution in [3.05, 3.63) is 182 Å². The van der Waals surface area contributed by atoms with E-state index in [0.29, 0.717) is 17.5 Å². The summed E-state index contributed by atoms with van der Waals surface area (Å²) in [7, 11) is 0. The molecule has 0 aliphatic carbocycles. The number of hydrogen-bond acceptors (Lipinski definition) is 4. The minimum Gasteiger partial charge on any atom is -0.309 e. The number of para-hydroxylation sites is 2. The Morgan fingerprint density at radius 3 is 1.61 bits per heavy atom. The average Bonchev–Trinajstić information content (AvgIpc) is 3.91. The molecule has 260 valence electrons. The van der Waals surface area contributed by atoms with Crippen molar-refractivity contribution >= 4 is 59.9 Å². The minimum absolute atomic E-state index is 0.638. The molecular weight excluding hydrogens is 685 g/mol. The van der Waals surface area contributed by atoms with Crippen molar-refractivity contribution < 1.29 is 0 Å². The van der Waals surface area contributed by atoms with E-state index in [9.17, 15) is 0 Å². The summed E-state index contributed by atoms with van der Waals surface area (Å²) in [5.41, 5.74) is 12.1. The van der Waals surface area contributed by atoms with E-state index in [1.54, 1.807) is 0 Å². The van der Waals surface area contributed by atoms with Crippen molar-refractivity contribution in [3.63, 3.8) is 0 Å². The lowest BCUT2D eigenvalue weighted by atomic mass is 9.99. The highest BCUT2D eigenvalue weighted by Crippen LogP contribution is 2.43. The summed E-state index contributed by atoms with van der Waals surface area (Å²) in [6.07, 6.45) is 3.87. The van der Waals surface area contributed by atoms with Crippen molar-refractivity contribution in [2.24, 2.45) is 0 Å². The molecule has 0 saturated heterocycles. The van der Waals surface area contributed by atoms with Crippen molar-refractivity contribution in [3.8, 4) is 51.0 Å². The van der Waals surface area contributed by atoms with Crippen molar-refractivity contribution in [2.45, 2.75) is 0 Å². The van der Waals surface area contributed by atoms with E-state index in [2.05, 4.69) is 123 Å². The Balaban J connectivity index is 1.07. The first-order valence-electron chi connectivity index (χ1n) is 18.8. The van der Waals surface area contributed by atoms with Crippen LogP contribution in [0, 0.1) is 0 Å². The van der Waals surface area contributed by atoms with E-state index in [1.807, 2.05) is 73.1 Å². The first kappa shape index (κ1) is 30.7. The van der Waals surface area contributed by atoms with Crippen molar-refractivity contribution in [1.29, 1.82) is 0 Å². The Morgan fingerprint density at radius 1 is 0.339 bits per heavy atom. The largest absolute Gasteiger partial charge is 0.309 e. The molecule has 0 atom stereocenters. The van der Waals surface area contributed by atoms with Crippen LogP contribution in [0.5, 0.6) is 0 Å². The lowest BCUT2D eigenvalue weighted by molar-refractivity contribution is 1.07. The number of fused-ring (bicyclic) bond motifs is 9. The van der Waals surface area contributed by atoms with Gasteiger partial charge in [-0.25, -0.2) is 15.0 Å². The standard InChI is InChI=1S/C50H30N6/c1-3-12-31(13-4-1)48-52-49(32-14-5-2-6-15-32)54-50(53-48)35-17-11-16-33(26-35)34-22-23-45-39(27-34)41-29-36(28-40-37-18-7-10-21-44(37)56(45)47(40)41)55-43-20-9-8-19-38(43)42-30-51-25-24-46(42)55/h1-30H. The molecule has 12 rings (SSSR count). The SMILES string of the molecule is c1ccc(-c2nc(-c3ccccc3)nc(-c3cccc(-c4ccc5c(c4)c4cc(-n6c7ccccc7c7cnccc76)cc6c7ccccc7n5c64)c3)n2)cc1. The first-order chi connectivity index (χ1) is 27.8. The van der Waals surface area contributed by atoms with Gasteiger partial charge in [0.15, 0.2) is 17.5 Å². The van der Waals surface area contributed by atoms with Crippen LogP contribution in [0.1, 0.15) is 0 Å².